The first kappa shape index (κ1) is 21.4. The molecule has 1 aromatic rings. The molecule has 2 heterocycles. The van der Waals surface area contributed by atoms with E-state index in [-0.39, 0.29) is 18.1 Å². The molecule has 2 saturated heterocycles. The van der Waals surface area contributed by atoms with E-state index in [4.69, 9.17) is 14.2 Å². The smallest absolute Gasteiger partial charge is 0.409 e. The third-order valence-corrected chi connectivity index (χ3v) is 5.14. The van der Waals surface area contributed by atoms with Crippen molar-refractivity contribution >= 4 is 12.0 Å². The van der Waals surface area contributed by atoms with E-state index in [1.54, 1.807) is 21.9 Å². The molecule has 0 bridgehead atoms. The van der Waals surface area contributed by atoms with E-state index in [0.717, 1.165) is 31.6 Å². The number of carbonyl (C=O) groups excluding carboxylic acids is 2. The van der Waals surface area contributed by atoms with Crippen molar-refractivity contribution in [2.24, 2.45) is 5.92 Å². The standard InChI is InChI=1S/C22H32N2O5/c1-17(2)15-29-22(26)24-11-4-10-23(12-13-24)21(25)18-6-8-19(9-7-18)28-16-20-5-3-14-27-20/h6-9,17,20H,3-5,10-16H2,1-2H3. The zero-order chi connectivity index (χ0) is 20.6. The first-order valence-electron chi connectivity index (χ1n) is 10.6. The van der Waals surface area contributed by atoms with Gasteiger partial charge in [0, 0.05) is 38.3 Å². The van der Waals surface area contributed by atoms with Gasteiger partial charge in [0.2, 0.25) is 0 Å². The summed E-state index contributed by atoms with van der Waals surface area (Å²) in [6, 6.07) is 7.25. The predicted octanol–water partition coefficient (Wildman–Crippen LogP) is 3.18. The minimum absolute atomic E-state index is 0.0203. The van der Waals surface area contributed by atoms with Crippen molar-refractivity contribution in [2.45, 2.75) is 39.2 Å². The molecule has 0 spiro atoms. The van der Waals surface area contributed by atoms with E-state index in [0.29, 0.717) is 50.9 Å². The van der Waals surface area contributed by atoms with Crippen molar-refractivity contribution < 1.29 is 23.8 Å². The number of hydrogen-bond acceptors (Lipinski definition) is 5. The molecule has 2 aliphatic heterocycles. The summed E-state index contributed by atoms with van der Waals surface area (Å²) in [5, 5.41) is 0. The van der Waals surface area contributed by atoms with Crippen LogP contribution in [0.1, 0.15) is 43.5 Å². The normalized spacial score (nSPS) is 19.9. The Hall–Kier alpha value is -2.28. The Bertz CT molecular complexity index is 670. The van der Waals surface area contributed by atoms with Gasteiger partial charge in [-0.25, -0.2) is 4.79 Å². The van der Waals surface area contributed by atoms with Crippen LogP contribution in [0.15, 0.2) is 24.3 Å². The zero-order valence-corrected chi connectivity index (χ0v) is 17.5. The summed E-state index contributed by atoms with van der Waals surface area (Å²) >= 11 is 0. The Balaban J connectivity index is 1.48. The number of ether oxygens (including phenoxy) is 3. The van der Waals surface area contributed by atoms with Crippen LogP contribution < -0.4 is 4.74 Å². The molecule has 7 heteroatoms. The molecule has 0 aromatic heterocycles. The van der Waals surface area contributed by atoms with Crippen molar-refractivity contribution in [3.8, 4) is 5.75 Å². The fourth-order valence-electron chi connectivity index (χ4n) is 3.47. The highest BCUT2D eigenvalue weighted by Crippen LogP contribution is 2.18. The summed E-state index contributed by atoms with van der Waals surface area (Å²) in [7, 11) is 0. The molecule has 2 amide bonds. The lowest BCUT2D eigenvalue weighted by Gasteiger charge is -2.22. The SMILES string of the molecule is CC(C)COC(=O)N1CCCN(C(=O)c2ccc(OCC3CCCO3)cc2)CC1. The topological polar surface area (TPSA) is 68.3 Å². The van der Waals surface area contributed by atoms with Gasteiger partial charge in [0.1, 0.15) is 12.4 Å². The van der Waals surface area contributed by atoms with Gasteiger partial charge in [0.15, 0.2) is 0 Å². The number of rotatable bonds is 6. The predicted molar refractivity (Wildman–Crippen MR) is 109 cm³/mol. The average Bonchev–Trinajstić information content (AvgIpc) is 3.13. The van der Waals surface area contributed by atoms with E-state index >= 15 is 0 Å². The second-order valence-electron chi connectivity index (χ2n) is 8.07. The minimum atomic E-state index is -0.291. The molecule has 2 aliphatic rings. The van der Waals surface area contributed by atoms with Gasteiger partial charge in [0.25, 0.3) is 5.91 Å². The zero-order valence-electron chi connectivity index (χ0n) is 17.5. The van der Waals surface area contributed by atoms with Crippen molar-refractivity contribution in [3.63, 3.8) is 0 Å². The van der Waals surface area contributed by atoms with E-state index < -0.39 is 0 Å². The molecule has 1 aromatic carbocycles. The summed E-state index contributed by atoms with van der Waals surface area (Å²) in [5.74, 6) is 1.03. The Morgan fingerprint density at radius 1 is 1.07 bits per heavy atom. The van der Waals surface area contributed by atoms with Gasteiger partial charge in [-0.15, -0.1) is 0 Å². The maximum Gasteiger partial charge on any atom is 0.409 e. The molecule has 0 aliphatic carbocycles. The van der Waals surface area contributed by atoms with E-state index in [2.05, 4.69) is 0 Å². The van der Waals surface area contributed by atoms with Crippen molar-refractivity contribution in [1.82, 2.24) is 9.80 Å². The lowest BCUT2D eigenvalue weighted by Crippen LogP contribution is -2.37. The molecule has 1 unspecified atom stereocenters. The van der Waals surface area contributed by atoms with E-state index in [1.807, 2.05) is 26.0 Å². The fourth-order valence-corrected chi connectivity index (χ4v) is 3.47. The van der Waals surface area contributed by atoms with Crippen LogP contribution in [0.3, 0.4) is 0 Å². The second kappa shape index (κ2) is 10.5. The van der Waals surface area contributed by atoms with Crippen LogP contribution in [0.4, 0.5) is 4.79 Å². The van der Waals surface area contributed by atoms with E-state index in [1.165, 1.54) is 0 Å². The second-order valence-corrected chi connectivity index (χ2v) is 8.07. The van der Waals surface area contributed by atoms with Gasteiger partial charge in [0.05, 0.1) is 12.7 Å². The average molecular weight is 405 g/mol. The van der Waals surface area contributed by atoms with Crippen LogP contribution in [0.2, 0.25) is 0 Å². The van der Waals surface area contributed by atoms with Gasteiger partial charge < -0.3 is 24.0 Å². The minimum Gasteiger partial charge on any atom is -0.491 e. The van der Waals surface area contributed by atoms with Gasteiger partial charge in [-0.1, -0.05) is 13.8 Å². The molecule has 2 fully saturated rings. The molecule has 3 rings (SSSR count). The van der Waals surface area contributed by atoms with Crippen molar-refractivity contribution in [2.75, 3.05) is 46.0 Å². The fraction of sp³-hybridized carbons (Fsp3) is 0.636. The summed E-state index contributed by atoms with van der Waals surface area (Å²) in [6.45, 7) is 8.02. The maximum absolute atomic E-state index is 12.9. The van der Waals surface area contributed by atoms with Gasteiger partial charge in [-0.05, 0) is 49.4 Å². The number of hydrogen-bond donors (Lipinski definition) is 0. The molecule has 7 nitrogen and oxygen atoms in total. The maximum atomic E-state index is 12.9. The molecule has 1 atom stereocenters. The first-order chi connectivity index (χ1) is 14.0. The summed E-state index contributed by atoms with van der Waals surface area (Å²) in [4.78, 5) is 28.5. The molecule has 0 radical (unpaired) electrons. The highest BCUT2D eigenvalue weighted by atomic mass is 16.6. The third-order valence-electron chi connectivity index (χ3n) is 5.14. The van der Waals surface area contributed by atoms with E-state index in [9.17, 15) is 9.59 Å². The largest absolute Gasteiger partial charge is 0.491 e. The number of carbonyl (C=O) groups is 2. The highest BCUT2D eigenvalue weighted by molar-refractivity contribution is 5.94. The van der Waals surface area contributed by atoms with Crippen LogP contribution >= 0.6 is 0 Å². The molecule has 29 heavy (non-hydrogen) atoms. The summed E-state index contributed by atoms with van der Waals surface area (Å²) in [5.41, 5.74) is 0.630. The van der Waals surface area contributed by atoms with Crippen molar-refractivity contribution in [1.29, 1.82) is 0 Å². The lowest BCUT2D eigenvalue weighted by molar-refractivity contribution is 0.0678. The van der Waals surface area contributed by atoms with Crippen LogP contribution in [-0.4, -0.2) is 73.9 Å². The summed E-state index contributed by atoms with van der Waals surface area (Å²) < 4.78 is 16.6. The monoisotopic (exact) mass is 404 g/mol. The van der Waals surface area contributed by atoms with Crippen LogP contribution in [-0.2, 0) is 9.47 Å². The Morgan fingerprint density at radius 2 is 1.79 bits per heavy atom. The quantitative estimate of drug-likeness (QED) is 0.728. The van der Waals surface area contributed by atoms with Gasteiger partial charge in [-0.2, -0.15) is 0 Å². The first-order valence-corrected chi connectivity index (χ1v) is 10.6. The number of nitrogens with zero attached hydrogens (tertiary/aromatic N) is 2. The molecular formula is C22H32N2O5. The Kier molecular flexibility index (Phi) is 7.75. The van der Waals surface area contributed by atoms with Gasteiger partial charge >= 0.3 is 6.09 Å². The Labute approximate surface area is 172 Å². The Morgan fingerprint density at radius 3 is 2.48 bits per heavy atom. The summed E-state index contributed by atoms with van der Waals surface area (Å²) in [6.07, 6.45) is 2.74. The molecular weight excluding hydrogens is 372 g/mol. The van der Waals surface area contributed by atoms with Crippen LogP contribution in [0, 0.1) is 5.92 Å². The number of benzene rings is 1. The lowest BCUT2D eigenvalue weighted by atomic mass is 10.2. The van der Waals surface area contributed by atoms with Crippen LogP contribution in [0.25, 0.3) is 0 Å². The molecule has 0 N–H and O–H groups in total. The van der Waals surface area contributed by atoms with Crippen LogP contribution in [0.5, 0.6) is 5.75 Å². The highest BCUT2D eigenvalue weighted by Gasteiger charge is 2.24. The third kappa shape index (κ3) is 6.35. The van der Waals surface area contributed by atoms with Crippen molar-refractivity contribution in [3.05, 3.63) is 29.8 Å². The molecule has 0 saturated carbocycles. The number of amides is 2. The molecule has 160 valence electrons. The van der Waals surface area contributed by atoms with Gasteiger partial charge in [-0.3, -0.25) is 4.79 Å².